The number of primary amides is 1. The maximum Gasteiger partial charge on any atom is 0.220 e. The monoisotopic (exact) mass is 327 g/mol. The lowest BCUT2D eigenvalue weighted by Gasteiger charge is -2.14. The normalized spacial score (nSPS) is 11.8. The number of hydrogen-bond donors (Lipinski definition) is 1. The lowest BCUT2D eigenvalue weighted by atomic mass is 9.96. The summed E-state index contributed by atoms with van der Waals surface area (Å²) in [5, 5.41) is 0. The fourth-order valence-electron chi connectivity index (χ4n) is 2.61. The van der Waals surface area contributed by atoms with Gasteiger partial charge in [-0.25, -0.2) is 0 Å². The summed E-state index contributed by atoms with van der Waals surface area (Å²) in [5.41, 5.74) is 7.62. The molecule has 0 saturated heterocycles. The summed E-state index contributed by atoms with van der Waals surface area (Å²) in [6, 6.07) is 15.9. The maximum absolute atomic E-state index is 11.3. The molecule has 0 heterocycles. The molecule has 1 atom stereocenters. The van der Waals surface area contributed by atoms with Crippen molar-refractivity contribution in [1.82, 2.24) is 0 Å². The summed E-state index contributed by atoms with van der Waals surface area (Å²) in [7, 11) is 1.63. The summed E-state index contributed by atoms with van der Waals surface area (Å²) in [6.45, 7) is 2.48. The van der Waals surface area contributed by atoms with E-state index >= 15 is 0 Å². The molecule has 1 amide bonds. The van der Waals surface area contributed by atoms with Gasteiger partial charge in [-0.3, -0.25) is 4.79 Å². The Morgan fingerprint density at radius 3 is 2.46 bits per heavy atom. The summed E-state index contributed by atoms with van der Waals surface area (Å²) >= 11 is 0. The van der Waals surface area contributed by atoms with Gasteiger partial charge in [0.05, 0.1) is 7.11 Å². The van der Waals surface area contributed by atoms with Crippen LogP contribution in [0, 0.1) is 5.92 Å². The van der Waals surface area contributed by atoms with Crippen LogP contribution in [0.2, 0.25) is 0 Å². The van der Waals surface area contributed by atoms with Crippen molar-refractivity contribution in [2.45, 2.75) is 32.8 Å². The van der Waals surface area contributed by atoms with Crippen LogP contribution >= 0.6 is 0 Å². The molecule has 4 nitrogen and oxygen atoms in total. The first-order chi connectivity index (χ1) is 11.6. The topological polar surface area (TPSA) is 61.6 Å². The number of methoxy groups -OCH3 is 1. The number of ether oxygens (including phenoxy) is 2. The molecule has 128 valence electrons. The Morgan fingerprint density at radius 2 is 1.83 bits per heavy atom. The fourth-order valence-corrected chi connectivity index (χ4v) is 2.61. The first-order valence-electron chi connectivity index (χ1n) is 8.27. The minimum Gasteiger partial charge on any atom is -0.493 e. The Labute approximate surface area is 143 Å². The van der Waals surface area contributed by atoms with Crippen molar-refractivity contribution in [2.24, 2.45) is 11.7 Å². The van der Waals surface area contributed by atoms with Crippen molar-refractivity contribution in [1.29, 1.82) is 0 Å². The average Bonchev–Trinajstić information content (AvgIpc) is 2.61. The Kier molecular flexibility index (Phi) is 6.67. The highest BCUT2D eigenvalue weighted by molar-refractivity contribution is 5.76. The Bertz CT molecular complexity index is 655. The Balaban J connectivity index is 2.00. The first kappa shape index (κ1) is 17.9. The van der Waals surface area contributed by atoms with Gasteiger partial charge >= 0.3 is 0 Å². The number of benzene rings is 2. The lowest BCUT2D eigenvalue weighted by molar-refractivity contribution is -0.122. The predicted octanol–water partition coefficient (Wildman–Crippen LogP) is 3.72. The summed E-state index contributed by atoms with van der Waals surface area (Å²) in [4.78, 5) is 11.3. The van der Waals surface area contributed by atoms with E-state index in [1.807, 2.05) is 55.5 Å². The molecular weight excluding hydrogens is 302 g/mol. The quantitative estimate of drug-likeness (QED) is 0.763. The molecule has 2 rings (SSSR count). The van der Waals surface area contributed by atoms with Gasteiger partial charge in [0.2, 0.25) is 5.91 Å². The predicted molar refractivity (Wildman–Crippen MR) is 95.1 cm³/mol. The van der Waals surface area contributed by atoms with Crippen LogP contribution in [0.3, 0.4) is 0 Å². The van der Waals surface area contributed by atoms with Crippen LogP contribution in [-0.2, 0) is 17.8 Å². The highest BCUT2D eigenvalue weighted by Gasteiger charge is 2.13. The van der Waals surface area contributed by atoms with E-state index in [2.05, 4.69) is 0 Å². The van der Waals surface area contributed by atoms with Crippen LogP contribution in [-0.4, -0.2) is 13.0 Å². The van der Waals surface area contributed by atoms with E-state index in [0.29, 0.717) is 18.1 Å². The second-order valence-corrected chi connectivity index (χ2v) is 5.81. The third kappa shape index (κ3) is 5.01. The highest BCUT2D eigenvalue weighted by atomic mass is 16.5. The minimum absolute atomic E-state index is 0.0787. The zero-order valence-corrected chi connectivity index (χ0v) is 14.3. The van der Waals surface area contributed by atoms with Crippen LogP contribution in [0.1, 0.15) is 30.9 Å². The summed E-state index contributed by atoms with van der Waals surface area (Å²) in [5.74, 6) is 1.11. The molecule has 2 aromatic rings. The summed E-state index contributed by atoms with van der Waals surface area (Å²) in [6.07, 6.45) is 2.31. The maximum atomic E-state index is 11.3. The average molecular weight is 327 g/mol. The molecule has 0 aliphatic heterocycles. The van der Waals surface area contributed by atoms with E-state index in [-0.39, 0.29) is 11.8 Å². The SMILES string of the molecule is CCC(CCc1ccc(OCc2ccccc2)c(OC)c1)C(N)=O. The minimum atomic E-state index is -0.229. The number of rotatable bonds is 9. The van der Waals surface area contributed by atoms with Gasteiger partial charge < -0.3 is 15.2 Å². The third-order valence-electron chi connectivity index (χ3n) is 4.14. The van der Waals surface area contributed by atoms with Crippen LogP contribution in [0.4, 0.5) is 0 Å². The molecule has 0 aromatic heterocycles. The lowest BCUT2D eigenvalue weighted by Crippen LogP contribution is -2.23. The molecule has 2 N–H and O–H groups in total. The largest absolute Gasteiger partial charge is 0.493 e. The molecule has 1 unspecified atom stereocenters. The molecule has 0 radical (unpaired) electrons. The molecule has 0 aliphatic carbocycles. The molecule has 0 spiro atoms. The third-order valence-corrected chi connectivity index (χ3v) is 4.14. The molecule has 0 fully saturated rings. The molecule has 4 heteroatoms. The number of carbonyl (C=O) groups is 1. The van der Waals surface area contributed by atoms with Crippen molar-refractivity contribution in [2.75, 3.05) is 7.11 Å². The fraction of sp³-hybridized carbons (Fsp3) is 0.350. The molecule has 24 heavy (non-hydrogen) atoms. The number of hydrogen-bond acceptors (Lipinski definition) is 3. The van der Waals surface area contributed by atoms with Gasteiger partial charge in [-0.15, -0.1) is 0 Å². The van der Waals surface area contributed by atoms with Gasteiger partial charge in [0, 0.05) is 5.92 Å². The second kappa shape index (κ2) is 8.96. The van der Waals surface area contributed by atoms with Gasteiger partial charge in [0.25, 0.3) is 0 Å². The first-order valence-corrected chi connectivity index (χ1v) is 8.27. The van der Waals surface area contributed by atoms with Crippen LogP contribution in [0.5, 0.6) is 11.5 Å². The van der Waals surface area contributed by atoms with E-state index in [9.17, 15) is 4.79 Å². The standard InChI is InChI=1S/C20H25NO3/c1-3-17(20(21)22)11-9-15-10-12-18(19(13-15)23-2)24-14-16-7-5-4-6-8-16/h4-8,10,12-13,17H,3,9,11,14H2,1-2H3,(H2,21,22). The van der Waals surface area contributed by atoms with Crippen molar-refractivity contribution in [3.63, 3.8) is 0 Å². The van der Waals surface area contributed by atoms with Crippen molar-refractivity contribution in [3.05, 3.63) is 59.7 Å². The molecule has 0 saturated carbocycles. The van der Waals surface area contributed by atoms with Crippen LogP contribution < -0.4 is 15.2 Å². The van der Waals surface area contributed by atoms with E-state index in [4.69, 9.17) is 15.2 Å². The zero-order valence-electron chi connectivity index (χ0n) is 14.3. The Hall–Kier alpha value is -2.49. The molecule has 2 aromatic carbocycles. The number of aryl methyl sites for hydroxylation is 1. The smallest absolute Gasteiger partial charge is 0.220 e. The Morgan fingerprint density at radius 1 is 1.08 bits per heavy atom. The van der Waals surface area contributed by atoms with Gasteiger partial charge in [0.15, 0.2) is 11.5 Å². The number of amides is 1. The van der Waals surface area contributed by atoms with E-state index < -0.39 is 0 Å². The zero-order chi connectivity index (χ0) is 17.4. The van der Waals surface area contributed by atoms with Crippen molar-refractivity contribution in [3.8, 4) is 11.5 Å². The van der Waals surface area contributed by atoms with E-state index in [1.54, 1.807) is 7.11 Å². The van der Waals surface area contributed by atoms with E-state index in [1.165, 1.54) is 0 Å². The number of carbonyl (C=O) groups excluding carboxylic acids is 1. The van der Waals surface area contributed by atoms with Crippen LogP contribution in [0.15, 0.2) is 48.5 Å². The summed E-state index contributed by atoms with van der Waals surface area (Å²) < 4.78 is 11.3. The van der Waals surface area contributed by atoms with Crippen molar-refractivity contribution < 1.29 is 14.3 Å². The van der Waals surface area contributed by atoms with E-state index in [0.717, 1.165) is 30.4 Å². The molecular formula is C20H25NO3. The number of nitrogens with two attached hydrogens (primary N) is 1. The van der Waals surface area contributed by atoms with Crippen LogP contribution in [0.25, 0.3) is 0 Å². The van der Waals surface area contributed by atoms with Gasteiger partial charge in [-0.1, -0.05) is 43.3 Å². The van der Waals surface area contributed by atoms with Crippen molar-refractivity contribution >= 4 is 5.91 Å². The van der Waals surface area contributed by atoms with Gasteiger partial charge in [0.1, 0.15) is 6.61 Å². The molecule has 0 aliphatic rings. The van der Waals surface area contributed by atoms with Gasteiger partial charge in [-0.05, 0) is 42.5 Å². The highest BCUT2D eigenvalue weighted by Crippen LogP contribution is 2.29. The van der Waals surface area contributed by atoms with Gasteiger partial charge in [-0.2, -0.15) is 0 Å². The second-order valence-electron chi connectivity index (χ2n) is 5.81. The molecule has 0 bridgehead atoms.